The van der Waals surface area contributed by atoms with Crippen molar-refractivity contribution in [3.63, 3.8) is 0 Å². The monoisotopic (exact) mass is 250 g/mol. The number of Topliss-reactive ketones (excluding diaryl/α,β-unsaturated/α-hetero) is 1. The molecular formula is C16H23FO. The second-order valence-corrected chi connectivity index (χ2v) is 6.26. The third kappa shape index (κ3) is 4.25. The smallest absolute Gasteiger partial charge is 0.137 e. The molecule has 0 amide bonds. The maximum atomic E-state index is 13.0. The van der Waals surface area contributed by atoms with Crippen molar-refractivity contribution in [1.82, 2.24) is 0 Å². The van der Waals surface area contributed by atoms with Crippen molar-refractivity contribution in [1.29, 1.82) is 0 Å². The number of hydrogen-bond donors (Lipinski definition) is 0. The molecule has 0 radical (unpaired) electrons. The van der Waals surface area contributed by atoms with E-state index in [4.69, 9.17) is 0 Å². The van der Waals surface area contributed by atoms with Crippen LogP contribution in [0, 0.1) is 24.1 Å². The predicted molar refractivity (Wildman–Crippen MR) is 73.1 cm³/mol. The maximum absolute atomic E-state index is 13.0. The van der Waals surface area contributed by atoms with E-state index in [9.17, 15) is 9.18 Å². The van der Waals surface area contributed by atoms with E-state index in [0.29, 0.717) is 18.8 Å². The fourth-order valence-electron chi connectivity index (χ4n) is 1.79. The molecule has 1 nitrogen and oxygen atoms in total. The standard InChI is InChI=1S/C16H23FO/c1-11-8-14(17)7-6-13(11)10-15(18)9-12(2)16(3,4)5/h6-8,12H,9-10H2,1-5H3. The van der Waals surface area contributed by atoms with E-state index in [1.54, 1.807) is 6.07 Å². The summed E-state index contributed by atoms with van der Waals surface area (Å²) in [6, 6.07) is 4.61. The fraction of sp³-hybridized carbons (Fsp3) is 0.562. The number of hydrogen-bond acceptors (Lipinski definition) is 1. The Morgan fingerprint density at radius 2 is 1.94 bits per heavy atom. The van der Waals surface area contributed by atoms with Crippen molar-refractivity contribution in [3.05, 3.63) is 35.1 Å². The van der Waals surface area contributed by atoms with Crippen molar-refractivity contribution in [2.45, 2.75) is 47.5 Å². The Bertz CT molecular complexity index is 429. The van der Waals surface area contributed by atoms with Gasteiger partial charge in [0.1, 0.15) is 11.6 Å². The molecule has 100 valence electrons. The van der Waals surface area contributed by atoms with Crippen molar-refractivity contribution in [2.24, 2.45) is 11.3 Å². The second kappa shape index (κ2) is 5.64. The van der Waals surface area contributed by atoms with Gasteiger partial charge in [-0.15, -0.1) is 0 Å². The lowest BCUT2D eigenvalue weighted by Crippen LogP contribution is -2.21. The number of ketones is 1. The van der Waals surface area contributed by atoms with Gasteiger partial charge in [0.25, 0.3) is 0 Å². The molecule has 0 aliphatic carbocycles. The van der Waals surface area contributed by atoms with Crippen LogP contribution in [0.2, 0.25) is 0 Å². The molecule has 0 heterocycles. The average Bonchev–Trinajstić information content (AvgIpc) is 2.20. The van der Waals surface area contributed by atoms with Crippen LogP contribution in [0.3, 0.4) is 0 Å². The summed E-state index contributed by atoms with van der Waals surface area (Å²) in [5.74, 6) is 0.338. The molecule has 0 bridgehead atoms. The van der Waals surface area contributed by atoms with Gasteiger partial charge in [-0.3, -0.25) is 4.79 Å². The lowest BCUT2D eigenvalue weighted by atomic mass is 9.78. The van der Waals surface area contributed by atoms with E-state index >= 15 is 0 Å². The molecular weight excluding hydrogens is 227 g/mol. The molecule has 1 unspecified atom stereocenters. The Hall–Kier alpha value is -1.18. The summed E-state index contributed by atoms with van der Waals surface area (Å²) < 4.78 is 13.0. The van der Waals surface area contributed by atoms with Gasteiger partial charge in [0.2, 0.25) is 0 Å². The van der Waals surface area contributed by atoms with Crippen LogP contribution in [0.15, 0.2) is 18.2 Å². The molecule has 0 spiro atoms. The topological polar surface area (TPSA) is 17.1 Å². The largest absolute Gasteiger partial charge is 0.299 e. The van der Waals surface area contributed by atoms with E-state index in [-0.39, 0.29) is 17.0 Å². The van der Waals surface area contributed by atoms with E-state index in [2.05, 4.69) is 27.7 Å². The van der Waals surface area contributed by atoms with Gasteiger partial charge < -0.3 is 0 Å². The summed E-state index contributed by atoms with van der Waals surface area (Å²) in [4.78, 5) is 12.0. The average molecular weight is 250 g/mol. The number of rotatable bonds is 4. The molecule has 1 aromatic rings. The highest BCUT2D eigenvalue weighted by atomic mass is 19.1. The molecule has 0 aromatic heterocycles. The first-order chi connectivity index (χ1) is 8.20. The van der Waals surface area contributed by atoms with Gasteiger partial charge in [0, 0.05) is 12.8 Å². The highest BCUT2D eigenvalue weighted by Gasteiger charge is 2.22. The predicted octanol–water partition coefficient (Wildman–Crippen LogP) is 4.32. The van der Waals surface area contributed by atoms with Gasteiger partial charge in [-0.05, 0) is 41.5 Å². The summed E-state index contributed by atoms with van der Waals surface area (Å²) in [7, 11) is 0. The lowest BCUT2D eigenvalue weighted by molar-refractivity contribution is -0.120. The highest BCUT2D eigenvalue weighted by Crippen LogP contribution is 2.28. The summed E-state index contributed by atoms with van der Waals surface area (Å²) in [5, 5.41) is 0. The van der Waals surface area contributed by atoms with Crippen molar-refractivity contribution in [3.8, 4) is 0 Å². The number of carbonyl (C=O) groups is 1. The zero-order valence-corrected chi connectivity index (χ0v) is 12.0. The van der Waals surface area contributed by atoms with Gasteiger partial charge in [-0.2, -0.15) is 0 Å². The lowest BCUT2D eigenvalue weighted by Gasteiger charge is -2.26. The molecule has 0 saturated carbocycles. The van der Waals surface area contributed by atoms with Crippen LogP contribution < -0.4 is 0 Å². The second-order valence-electron chi connectivity index (χ2n) is 6.26. The van der Waals surface area contributed by atoms with Crippen LogP contribution >= 0.6 is 0 Å². The first-order valence-corrected chi connectivity index (χ1v) is 6.47. The summed E-state index contributed by atoms with van der Waals surface area (Å²) in [6.45, 7) is 10.4. The van der Waals surface area contributed by atoms with Crippen LogP contribution in [0.5, 0.6) is 0 Å². The Morgan fingerprint density at radius 3 is 2.44 bits per heavy atom. The number of benzene rings is 1. The normalized spacial score (nSPS) is 13.4. The minimum atomic E-state index is -0.244. The van der Waals surface area contributed by atoms with Crippen LogP contribution in [0.25, 0.3) is 0 Å². The number of carbonyl (C=O) groups excluding carboxylic acids is 1. The molecule has 0 N–H and O–H groups in total. The van der Waals surface area contributed by atoms with Gasteiger partial charge in [0.05, 0.1) is 0 Å². The van der Waals surface area contributed by atoms with Crippen molar-refractivity contribution < 1.29 is 9.18 Å². The molecule has 0 aliphatic heterocycles. The van der Waals surface area contributed by atoms with E-state index in [1.807, 2.05) is 6.92 Å². The molecule has 0 saturated heterocycles. The van der Waals surface area contributed by atoms with Crippen LogP contribution in [-0.2, 0) is 11.2 Å². The Kier molecular flexibility index (Phi) is 4.66. The van der Waals surface area contributed by atoms with E-state index in [0.717, 1.165) is 11.1 Å². The molecule has 0 aliphatic rings. The van der Waals surface area contributed by atoms with Crippen LogP contribution in [0.1, 0.15) is 45.2 Å². The third-order valence-corrected chi connectivity index (χ3v) is 3.70. The third-order valence-electron chi connectivity index (χ3n) is 3.70. The molecule has 2 heteroatoms. The SMILES string of the molecule is Cc1cc(F)ccc1CC(=O)CC(C)C(C)(C)C. The quantitative estimate of drug-likeness (QED) is 0.778. The van der Waals surface area contributed by atoms with Gasteiger partial charge in [-0.25, -0.2) is 4.39 Å². The highest BCUT2D eigenvalue weighted by molar-refractivity contribution is 5.81. The van der Waals surface area contributed by atoms with Crippen molar-refractivity contribution >= 4 is 5.78 Å². The summed E-state index contributed by atoms with van der Waals surface area (Å²) >= 11 is 0. The first-order valence-electron chi connectivity index (χ1n) is 6.47. The first kappa shape index (κ1) is 14.9. The maximum Gasteiger partial charge on any atom is 0.137 e. The fourth-order valence-corrected chi connectivity index (χ4v) is 1.79. The van der Waals surface area contributed by atoms with Gasteiger partial charge >= 0.3 is 0 Å². The van der Waals surface area contributed by atoms with Gasteiger partial charge in [0.15, 0.2) is 0 Å². The number of aryl methyl sites for hydroxylation is 1. The molecule has 18 heavy (non-hydrogen) atoms. The van der Waals surface area contributed by atoms with Crippen molar-refractivity contribution in [2.75, 3.05) is 0 Å². The number of halogens is 1. The zero-order chi connectivity index (χ0) is 13.9. The minimum Gasteiger partial charge on any atom is -0.299 e. The zero-order valence-electron chi connectivity index (χ0n) is 12.0. The van der Waals surface area contributed by atoms with E-state index in [1.165, 1.54) is 12.1 Å². The molecule has 1 atom stereocenters. The van der Waals surface area contributed by atoms with E-state index < -0.39 is 0 Å². The summed E-state index contributed by atoms with van der Waals surface area (Å²) in [6.07, 6.45) is 0.993. The Balaban J connectivity index is 2.65. The molecule has 1 rings (SSSR count). The molecule has 0 fully saturated rings. The van der Waals surface area contributed by atoms with Crippen LogP contribution in [0.4, 0.5) is 4.39 Å². The van der Waals surface area contributed by atoms with Gasteiger partial charge in [-0.1, -0.05) is 33.8 Å². The summed E-state index contributed by atoms with van der Waals surface area (Å²) in [5.41, 5.74) is 1.93. The molecule has 1 aromatic carbocycles. The van der Waals surface area contributed by atoms with Crippen LogP contribution in [-0.4, -0.2) is 5.78 Å². The Labute approximate surface area is 109 Å². The minimum absolute atomic E-state index is 0.146. The Morgan fingerprint density at radius 1 is 1.33 bits per heavy atom.